The van der Waals surface area contributed by atoms with E-state index in [9.17, 15) is 13.2 Å². The molecule has 1 aromatic rings. The van der Waals surface area contributed by atoms with Crippen molar-refractivity contribution in [1.29, 1.82) is 10.5 Å². The summed E-state index contributed by atoms with van der Waals surface area (Å²) in [5, 5.41) is 17.1. The average Bonchev–Trinajstić information content (AvgIpc) is 2.24. The van der Waals surface area contributed by atoms with Crippen molar-refractivity contribution in [3.8, 4) is 12.1 Å². The Hall–Kier alpha value is -1.98. The Morgan fingerprint density at radius 1 is 1.24 bits per heavy atom. The fourth-order valence-corrected chi connectivity index (χ4v) is 1.34. The van der Waals surface area contributed by atoms with Gasteiger partial charge in [-0.2, -0.15) is 23.7 Å². The SMILES string of the molecule is N#CC(C#N)=Cc1cc(Cl)ccc1C(F)(F)F. The number of halogens is 4. The summed E-state index contributed by atoms with van der Waals surface area (Å²) < 4.78 is 37.8. The lowest BCUT2D eigenvalue weighted by Gasteiger charge is -2.10. The molecule has 0 amide bonds. The molecule has 17 heavy (non-hydrogen) atoms. The van der Waals surface area contributed by atoms with Crippen LogP contribution < -0.4 is 0 Å². The Kier molecular flexibility index (Phi) is 3.77. The van der Waals surface area contributed by atoms with E-state index >= 15 is 0 Å². The molecule has 1 aromatic carbocycles. The van der Waals surface area contributed by atoms with Crippen LogP contribution in [0.25, 0.3) is 6.08 Å². The molecule has 86 valence electrons. The third-order valence-electron chi connectivity index (χ3n) is 1.86. The first-order valence-electron chi connectivity index (χ1n) is 4.27. The number of benzene rings is 1. The largest absolute Gasteiger partial charge is 0.416 e. The standard InChI is InChI=1S/C11H4ClF3N2/c12-9-1-2-10(11(13,14)15)8(4-9)3-7(5-16)6-17/h1-4H. The molecule has 0 heterocycles. The summed E-state index contributed by atoms with van der Waals surface area (Å²) in [4.78, 5) is 0. The molecule has 2 nitrogen and oxygen atoms in total. The molecule has 0 atom stereocenters. The van der Waals surface area contributed by atoms with Gasteiger partial charge in [-0.25, -0.2) is 0 Å². The van der Waals surface area contributed by atoms with Gasteiger partial charge in [0, 0.05) is 5.02 Å². The second-order valence-corrected chi connectivity index (χ2v) is 3.45. The predicted molar refractivity (Wildman–Crippen MR) is 55.7 cm³/mol. The molecule has 0 saturated heterocycles. The minimum absolute atomic E-state index is 0.0967. The highest BCUT2D eigenvalue weighted by atomic mass is 35.5. The summed E-state index contributed by atoms with van der Waals surface area (Å²) in [6, 6.07) is 5.93. The van der Waals surface area contributed by atoms with Crippen molar-refractivity contribution in [3.63, 3.8) is 0 Å². The Morgan fingerprint density at radius 2 is 1.82 bits per heavy atom. The van der Waals surface area contributed by atoms with E-state index in [1.165, 1.54) is 12.1 Å². The van der Waals surface area contributed by atoms with Gasteiger partial charge < -0.3 is 0 Å². The van der Waals surface area contributed by atoms with Gasteiger partial charge in [0.2, 0.25) is 0 Å². The molecule has 6 heteroatoms. The van der Waals surface area contributed by atoms with Crippen molar-refractivity contribution in [3.05, 3.63) is 39.9 Å². The fraction of sp³-hybridized carbons (Fsp3) is 0.0909. The second-order valence-electron chi connectivity index (χ2n) is 3.01. The molecular formula is C11H4ClF3N2. The second kappa shape index (κ2) is 4.90. The van der Waals surface area contributed by atoms with Crippen molar-refractivity contribution < 1.29 is 13.2 Å². The zero-order valence-electron chi connectivity index (χ0n) is 8.22. The van der Waals surface area contributed by atoms with Gasteiger partial charge in [0.1, 0.15) is 17.7 Å². The normalized spacial score (nSPS) is 10.2. The van der Waals surface area contributed by atoms with Crippen LogP contribution in [0.5, 0.6) is 0 Å². The maximum absolute atomic E-state index is 12.6. The van der Waals surface area contributed by atoms with Crippen LogP contribution in [0.1, 0.15) is 11.1 Å². The molecule has 0 N–H and O–H groups in total. The van der Waals surface area contributed by atoms with E-state index in [-0.39, 0.29) is 10.6 Å². The van der Waals surface area contributed by atoms with E-state index in [1.54, 1.807) is 0 Å². The Labute approximate surface area is 100 Å². The van der Waals surface area contributed by atoms with Gasteiger partial charge in [0.25, 0.3) is 0 Å². The van der Waals surface area contributed by atoms with E-state index in [1.807, 2.05) is 0 Å². The lowest BCUT2D eigenvalue weighted by molar-refractivity contribution is -0.137. The summed E-state index contributed by atoms with van der Waals surface area (Å²) in [7, 11) is 0. The zero-order valence-corrected chi connectivity index (χ0v) is 8.97. The number of hydrogen-bond acceptors (Lipinski definition) is 2. The topological polar surface area (TPSA) is 47.6 Å². The molecule has 0 unspecified atom stereocenters. The number of rotatable bonds is 1. The smallest absolute Gasteiger partial charge is 0.192 e. The molecule has 1 rings (SSSR count). The molecule has 0 aromatic heterocycles. The maximum atomic E-state index is 12.6. The average molecular weight is 257 g/mol. The minimum atomic E-state index is -4.56. The van der Waals surface area contributed by atoms with E-state index in [4.69, 9.17) is 22.1 Å². The summed E-state index contributed by atoms with van der Waals surface area (Å²) in [5.74, 6) is 0. The molecule has 0 spiro atoms. The Bertz CT molecular complexity index is 531. The van der Waals surface area contributed by atoms with E-state index in [0.717, 1.165) is 24.3 Å². The molecule has 0 radical (unpaired) electrons. The number of hydrogen-bond donors (Lipinski definition) is 0. The van der Waals surface area contributed by atoms with Gasteiger partial charge >= 0.3 is 6.18 Å². The first-order valence-corrected chi connectivity index (χ1v) is 4.65. The van der Waals surface area contributed by atoms with Crippen molar-refractivity contribution in [2.45, 2.75) is 6.18 Å². The maximum Gasteiger partial charge on any atom is 0.416 e. The Balaban J connectivity index is 3.43. The summed E-state index contributed by atoms with van der Waals surface area (Å²) >= 11 is 5.57. The third kappa shape index (κ3) is 3.24. The van der Waals surface area contributed by atoms with Crippen molar-refractivity contribution in [2.75, 3.05) is 0 Å². The number of alkyl halides is 3. The number of nitriles is 2. The molecular weight excluding hydrogens is 253 g/mol. The molecule has 0 aliphatic rings. The van der Waals surface area contributed by atoms with Crippen LogP contribution in [0.2, 0.25) is 5.02 Å². The number of allylic oxidation sites excluding steroid dienone is 1. The lowest BCUT2D eigenvalue weighted by atomic mass is 10.0. The fourth-order valence-electron chi connectivity index (χ4n) is 1.16. The van der Waals surface area contributed by atoms with Crippen LogP contribution in [0.3, 0.4) is 0 Å². The summed E-state index contributed by atoms with van der Waals surface area (Å²) in [6.07, 6.45) is -3.71. The predicted octanol–water partition coefficient (Wildman–Crippen LogP) is 3.79. The van der Waals surface area contributed by atoms with Crippen LogP contribution >= 0.6 is 11.6 Å². The highest BCUT2D eigenvalue weighted by Gasteiger charge is 2.32. The Morgan fingerprint density at radius 3 is 2.29 bits per heavy atom. The first-order chi connectivity index (χ1) is 7.88. The van der Waals surface area contributed by atoms with Gasteiger partial charge in [0.05, 0.1) is 5.56 Å². The van der Waals surface area contributed by atoms with E-state index < -0.39 is 17.3 Å². The molecule has 0 bridgehead atoms. The van der Waals surface area contributed by atoms with Gasteiger partial charge in [-0.15, -0.1) is 0 Å². The van der Waals surface area contributed by atoms with Gasteiger partial charge in [-0.05, 0) is 29.8 Å². The third-order valence-corrected chi connectivity index (χ3v) is 2.09. The summed E-state index contributed by atoms with van der Waals surface area (Å²) in [5.41, 5.74) is -1.66. The van der Waals surface area contributed by atoms with Crippen molar-refractivity contribution in [2.24, 2.45) is 0 Å². The highest BCUT2D eigenvalue weighted by molar-refractivity contribution is 6.30. The lowest BCUT2D eigenvalue weighted by Crippen LogP contribution is -2.07. The quantitative estimate of drug-likeness (QED) is 0.718. The van der Waals surface area contributed by atoms with E-state index in [0.29, 0.717) is 0 Å². The number of nitrogens with zero attached hydrogens (tertiary/aromatic N) is 2. The van der Waals surface area contributed by atoms with Crippen molar-refractivity contribution >= 4 is 17.7 Å². The molecule has 0 aliphatic carbocycles. The highest BCUT2D eigenvalue weighted by Crippen LogP contribution is 2.34. The van der Waals surface area contributed by atoms with Gasteiger partial charge in [-0.3, -0.25) is 0 Å². The molecule has 0 saturated carbocycles. The molecule has 0 fully saturated rings. The van der Waals surface area contributed by atoms with Gasteiger partial charge in [-0.1, -0.05) is 11.6 Å². The van der Waals surface area contributed by atoms with Crippen molar-refractivity contribution in [1.82, 2.24) is 0 Å². The zero-order chi connectivity index (χ0) is 13.1. The monoisotopic (exact) mass is 256 g/mol. The van der Waals surface area contributed by atoms with Crippen LogP contribution in [0.15, 0.2) is 23.8 Å². The van der Waals surface area contributed by atoms with Crippen LogP contribution in [0.4, 0.5) is 13.2 Å². The van der Waals surface area contributed by atoms with Gasteiger partial charge in [0.15, 0.2) is 0 Å². The van der Waals surface area contributed by atoms with Crippen LogP contribution in [0, 0.1) is 22.7 Å². The summed E-state index contributed by atoms with van der Waals surface area (Å²) in [6.45, 7) is 0. The van der Waals surface area contributed by atoms with Crippen LogP contribution in [-0.2, 0) is 6.18 Å². The van der Waals surface area contributed by atoms with E-state index in [2.05, 4.69) is 0 Å². The first kappa shape index (κ1) is 13.1. The van der Waals surface area contributed by atoms with Crippen LogP contribution in [-0.4, -0.2) is 0 Å². The molecule has 0 aliphatic heterocycles. The minimum Gasteiger partial charge on any atom is -0.192 e.